The molecule has 0 aliphatic rings. The fraction of sp³-hybridized carbons (Fsp3) is 0.120. The maximum Gasteiger partial charge on any atom is 0.343 e. The van der Waals surface area contributed by atoms with Crippen molar-refractivity contribution < 1.29 is 19.1 Å². The highest BCUT2D eigenvalue weighted by Gasteiger charge is 2.14. The third-order valence-corrected chi connectivity index (χ3v) is 4.52. The number of ether oxygens (including phenoxy) is 2. The Labute approximate surface area is 170 Å². The molecule has 0 aromatic heterocycles. The normalized spacial score (nSPS) is 10.7. The minimum Gasteiger partial charge on any atom is -0.493 e. The summed E-state index contributed by atoms with van der Waals surface area (Å²) in [5, 5.41) is 0. The summed E-state index contributed by atoms with van der Waals surface area (Å²) in [7, 11) is 1.51. The van der Waals surface area contributed by atoms with Crippen molar-refractivity contribution in [2.45, 2.75) is 13.8 Å². The Bertz CT molecular complexity index is 1060. The molecule has 29 heavy (non-hydrogen) atoms. The summed E-state index contributed by atoms with van der Waals surface area (Å²) in [5.74, 6) is 0.206. The first-order valence-electron chi connectivity index (χ1n) is 9.23. The minimum absolute atomic E-state index is 0.0842. The largest absolute Gasteiger partial charge is 0.493 e. The van der Waals surface area contributed by atoms with Crippen molar-refractivity contribution in [3.63, 3.8) is 0 Å². The Balaban J connectivity index is 1.76. The number of rotatable bonds is 6. The number of hydrogen-bond donors (Lipinski definition) is 0. The van der Waals surface area contributed by atoms with E-state index in [0.29, 0.717) is 22.6 Å². The molecule has 3 aromatic rings. The Hall–Kier alpha value is -3.66. The van der Waals surface area contributed by atoms with Gasteiger partial charge in [-0.2, -0.15) is 0 Å². The van der Waals surface area contributed by atoms with Crippen LogP contribution >= 0.6 is 0 Å². The molecule has 0 heterocycles. The lowest BCUT2D eigenvalue weighted by Crippen LogP contribution is -2.10. The van der Waals surface area contributed by atoms with E-state index in [4.69, 9.17) is 9.47 Å². The van der Waals surface area contributed by atoms with Crippen molar-refractivity contribution in [2.24, 2.45) is 0 Å². The monoisotopic (exact) mass is 386 g/mol. The Morgan fingerprint density at radius 1 is 0.862 bits per heavy atom. The zero-order chi connectivity index (χ0) is 20.8. The van der Waals surface area contributed by atoms with Gasteiger partial charge in [0.15, 0.2) is 17.3 Å². The molecule has 0 saturated carbocycles. The fourth-order valence-corrected chi connectivity index (χ4v) is 2.81. The highest BCUT2D eigenvalue weighted by atomic mass is 16.6. The molecule has 3 aromatic carbocycles. The van der Waals surface area contributed by atoms with E-state index in [1.54, 1.807) is 48.5 Å². The second kappa shape index (κ2) is 9.02. The van der Waals surface area contributed by atoms with Gasteiger partial charge in [0, 0.05) is 5.56 Å². The summed E-state index contributed by atoms with van der Waals surface area (Å²) in [6.07, 6.45) is 3.22. The molecule has 0 aliphatic carbocycles. The highest BCUT2D eigenvalue weighted by molar-refractivity contribution is 6.06. The lowest BCUT2D eigenvalue weighted by atomic mass is 10.1. The molecular weight excluding hydrogens is 364 g/mol. The van der Waals surface area contributed by atoms with E-state index < -0.39 is 5.97 Å². The van der Waals surface area contributed by atoms with Crippen LogP contribution in [0.1, 0.15) is 37.4 Å². The molecule has 0 atom stereocenters. The number of aryl methyl sites for hydroxylation is 2. The van der Waals surface area contributed by atoms with Crippen LogP contribution in [0.4, 0.5) is 0 Å². The number of methoxy groups -OCH3 is 1. The van der Waals surface area contributed by atoms with E-state index in [1.807, 2.05) is 38.1 Å². The minimum atomic E-state index is -0.445. The molecule has 4 nitrogen and oxygen atoms in total. The summed E-state index contributed by atoms with van der Waals surface area (Å²) in [6, 6.07) is 19.8. The average Bonchev–Trinajstić information content (AvgIpc) is 2.73. The van der Waals surface area contributed by atoms with Gasteiger partial charge in [0.1, 0.15) is 0 Å². The predicted molar refractivity (Wildman–Crippen MR) is 114 cm³/mol. The number of esters is 1. The molecule has 146 valence electrons. The van der Waals surface area contributed by atoms with E-state index in [0.717, 1.165) is 16.7 Å². The van der Waals surface area contributed by atoms with Crippen molar-refractivity contribution in [3.05, 3.63) is 101 Å². The molecule has 0 spiro atoms. The average molecular weight is 386 g/mol. The maximum absolute atomic E-state index is 12.4. The van der Waals surface area contributed by atoms with Crippen LogP contribution in [-0.2, 0) is 0 Å². The molecule has 0 unspecified atom stereocenters. The molecule has 0 saturated heterocycles. The zero-order valence-electron chi connectivity index (χ0n) is 16.6. The molecular formula is C25H22O4. The van der Waals surface area contributed by atoms with Crippen molar-refractivity contribution in [2.75, 3.05) is 7.11 Å². The van der Waals surface area contributed by atoms with Gasteiger partial charge in [0.05, 0.1) is 12.7 Å². The van der Waals surface area contributed by atoms with Gasteiger partial charge in [0.2, 0.25) is 0 Å². The number of ketones is 1. The number of carbonyl (C=O) groups excluding carboxylic acids is 2. The summed E-state index contributed by atoms with van der Waals surface area (Å²) in [4.78, 5) is 24.7. The van der Waals surface area contributed by atoms with E-state index in [-0.39, 0.29) is 5.78 Å². The lowest BCUT2D eigenvalue weighted by Gasteiger charge is -2.11. The number of benzene rings is 3. The summed E-state index contributed by atoms with van der Waals surface area (Å²) < 4.78 is 10.9. The summed E-state index contributed by atoms with van der Waals surface area (Å²) >= 11 is 0. The van der Waals surface area contributed by atoms with E-state index in [9.17, 15) is 9.59 Å². The van der Waals surface area contributed by atoms with Gasteiger partial charge in [-0.05, 0) is 49.2 Å². The van der Waals surface area contributed by atoms with Gasteiger partial charge < -0.3 is 9.47 Å². The van der Waals surface area contributed by atoms with Gasteiger partial charge in [0.25, 0.3) is 0 Å². The first kappa shape index (κ1) is 20.1. The Morgan fingerprint density at radius 2 is 1.59 bits per heavy atom. The molecule has 0 radical (unpaired) electrons. The van der Waals surface area contributed by atoms with E-state index in [1.165, 1.54) is 13.2 Å². The van der Waals surface area contributed by atoms with Gasteiger partial charge in [-0.3, -0.25) is 4.79 Å². The van der Waals surface area contributed by atoms with Crippen molar-refractivity contribution in [1.82, 2.24) is 0 Å². The maximum atomic E-state index is 12.4. The van der Waals surface area contributed by atoms with Crippen LogP contribution in [0.3, 0.4) is 0 Å². The summed E-state index contributed by atoms with van der Waals surface area (Å²) in [5.41, 5.74) is 3.83. The van der Waals surface area contributed by atoms with E-state index >= 15 is 0 Å². The molecule has 0 amide bonds. The van der Waals surface area contributed by atoms with Crippen LogP contribution in [0, 0.1) is 13.8 Å². The first-order chi connectivity index (χ1) is 14.0. The lowest BCUT2D eigenvalue weighted by molar-refractivity contribution is 0.0728. The third kappa shape index (κ3) is 4.99. The molecule has 3 rings (SSSR count). The molecule has 0 bridgehead atoms. The van der Waals surface area contributed by atoms with Crippen LogP contribution in [-0.4, -0.2) is 18.9 Å². The van der Waals surface area contributed by atoms with E-state index in [2.05, 4.69) is 0 Å². The highest BCUT2D eigenvalue weighted by Crippen LogP contribution is 2.29. The van der Waals surface area contributed by atoms with Crippen LogP contribution in [0.15, 0.2) is 72.8 Å². The van der Waals surface area contributed by atoms with Crippen LogP contribution in [0.2, 0.25) is 0 Å². The third-order valence-electron chi connectivity index (χ3n) is 4.52. The first-order valence-corrected chi connectivity index (χ1v) is 9.23. The summed E-state index contributed by atoms with van der Waals surface area (Å²) in [6.45, 7) is 3.83. The van der Waals surface area contributed by atoms with Gasteiger partial charge >= 0.3 is 5.97 Å². The number of allylic oxidation sites excluding steroid dienone is 1. The zero-order valence-corrected chi connectivity index (χ0v) is 16.6. The molecule has 0 fully saturated rings. The molecule has 4 heteroatoms. The van der Waals surface area contributed by atoms with Gasteiger partial charge in [-0.25, -0.2) is 4.79 Å². The molecule has 0 N–H and O–H groups in total. The fourth-order valence-electron chi connectivity index (χ4n) is 2.81. The topological polar surface area (TPSA) is 52.6 Å². The second-order valence-electron chi connectivity index (χ2n) is 6.68. The standard InChI is InChI=1S/C25H22O4/c1-17-8-12-20(13-9-17)22(26)14-10-19-11-15-23(24(16-19)28-3)29-25(27)21-7-5-4-6-18(21)2/h4-16H,1-3H3. The number of hydrogen-bond acceptors (Lipinski definition) is 4. The second-order valence-corrected chi connectivity index (χ2v) is 6.68. The quantitative estimate of drug-likeness (QED) is 0.245. The van der Waals surface area contributed by atoms with Crippen molar-refractivity contribution in [1.29, 1.82) is 0 Å². The van der Waals surface area contributed by atoms with Crippen molar-refractivity contribution >= 4 is 17.8 Å². The van der Waals surface area contributed by atoms with Gasteiger partial charge in [-0.15, -0.1) is 0 Å². The smallest absolute Gasteiger partial charge is 0.343 e. The SMILES string of the molecule is COc1cc(C=CC(=O)c2ccc(C)cc2)ccc1OC(=O)c1ccccc1C. The number of carbonyl (C=O) groups is 2. The Kier molecular flexibility index (Phi) is 6.25. The predicted octanol–water partition coefficient (Wildman–Crippen LogP) is 5.43. The van der Waals surface area contributed by atoms with Gasteiger partial charge in [-0.1, -0.05) is 60.2 Å². The van der Waals surface area contributed by atoms with Crippen LogP contribution < -0.4 is 9.47 Å². The Morgan fingerprint density at radius 3 is 2.28 bits per heavy atom. The molecule has 0 aliphatic heterocycles. The van der Waals surface area contributed by atoms with Crippen molar-refractivity contribution in [3.8, 4) is 11.5 Å². The van der Waals surface area contributed by atoms with Crippen LogP contribution in [0.25, 0.3) is 6.08 Å². The van der Waals surface area contributed by atoms with Crippen LogP contribution in [0.5, 0.6) is 11.5 Å².